The van der Waals surface area contributed by atoms with Gasteiger partial charge in [-0.3, -0.25) is 4.79 Å². The molecule has 2 aromatic carbocycles. The predicted molar refractivity (Wildman–Crippen MR) is 106 cm³/mol. The number of carboxylic acids is 1. The van der Waals surface area contributed by atoms with E-state index in [0.717, 1.165) is 21.7 Å². The number of thiophene rings is 1. The summed E-state index contributed by atoms with van der Waals surface area (Å²) < 4.78 is 41.8. The number of nitrogens with zero attached hydrogens (tertiary/aromatic N) is 2. The van der Waals surface area contributed by atoms with Crippen molar-refractivity contribution in [3.8, 4) is 11.3 Å². The Bertz CT molecular complexity index is 1290. The summed E-state index contributed by atoms with van der Waals surface area (Å²) in [7, 11) is 0. The molecular formula is C21H13F3N2O3S. The molecule has 0 spiro atoms. The van der Waals surface area contributed by atoms with Crippen molar-refractivity contribution < 1.29 is 27.9 Å². The van der Waals surface area contributed by atoms with Crippen LogP contribution in [0.3, 0.4) is 0 Å². The zero-order valence-electron chi connectivity index (χ0n) is 15.4. The summed E-state index contributed by atoms with van der Waals surface area (Å²) in [6.45, 7) is 1.82. The van der Waals surface area contributed by atoms with E-state index in [4.69, 9.17) is 5.11 Å². The highest BCUT2D eigenvalue weighted by molar-refractivity contribution is 7.19. The molecular weight excluding hydrogens is 417 g/mol. The fraction of sp³-hybridized carbons (Fsp3) is 0.0952. The minimum Gasteiger partial charge on any atom is -0.478 e. The van der Waals surface area contributed by atoms with Crippen LogP contribution in [0.2, 0.25) is 0 Å². The number of fused-ring (bicyclic) bond motifs is 1. The molecule has 2 aromatic heterocycles. The van der Waals surface area contributed by atoms with Crippen molar-refractivity contribution in [2.75, 3.05) is 0 Å². The van der Waals surface area contributed by atoms with E-state index in [1.165, 1.54) is 35.6 Å². The smallest absolute Gasteiger partial charge is 0.417 e. The van der Waals surface area contributed by atoms with E-state index >= 15 is 0 Å². The first-order valence-electron chi connectivity index (χ1n) is 8.70. The molecule has 30 heavy (non-hydrogen) atoms. The molecule has 0 fully saturated rings. The van der Waals surface area contributed by atoms with Gasteiger partial charge in [0, 0.05) is 10.4 Å². The van der Waals surface area contributed by atoms with E-state index in [9.17, 15) is 22.8 Å². The second-order valence-corrected chi connectivity index (χ2v) is 7.82. The van der Waals surface area contributed by atoms with Crippen LogP contribution in [0.1, 0.15) is 31.2 Å². The number of rotatable bonds is 3. The van der Waals surface area contributed by atoms with E-state index in [1.807, 2.05) is 6.92 Å². The van der Waals surface area contributed by atoms with Crippen molar-refractivity contribution in [1.29, 1.82) is 0 Å². The van der Waals surface area contributed by atoms with Crippen molar-refractivity contribution in [2.24, 2.45) is 0 Å². The molecule has 0 aliphatic heterocycles. The Balaban J connectivity index is 1.88. The number of halogens is 3. The van der Waals surface area contributed by atoms with Crippen LogP contribution in [0.4, 0.5) is 13.2 Å². The molecule has 0 amide bonds. The van der Waals surface area contributed by atoms with E-state index in [-0.39, 0.29) is 5.56 Å². The molecule has 4 rings (SSSR count). The van der Waals surface area contributed by atoms with E-state index in [1.54, 1.807) is 18.2 Å². The molecule has 2 heterocycles. The quantitative estimate of drug-likeness (QED) is 0.467. The van der Waals surface area contributed by atoms with Crippen molar-refractivity contribution in [3.63, 3.8) is 0 Å². The number of carboxylic acid groups (broad SMARTS) is 1. The minimum absolute atomic E-state index is 0.0898. The molecule has 0 aliphatic rings. The standard InChI is InChI=1S/C21H13F3N2O3S/c1-11-10-16-18(30-11)17(12-6-8-13(9-7-12)20(28)29)25-26(16)19(27)14-4-2-3-5-15(14)21(22,23)24/h2-10H,1H3,(H,28,29). The summed E-state index contributed by atoms with van der Waals surface area (Å²) in [4.78, 5) is 25.0. The van der Waals surface area contributed by atoms with E-state index in [0.29, 0.717) is 21.5 Å². The molecule has 0 bridgehead atoms. The van der Waals surface area contributed by atoms with Gasteiger partial charge in [0.15, 0.2) is 0 Å². The third-order valence-electron chi connectivity index (χ3n) is 4.54. The maximum absolute atomic E-state index is 13.4. The summed E-state index contributed by atoms with van der Waals surface area (Å²) in [5, 5.41) is 13.4. The molecule has 0 unspecified atom stereocenters. The number of aromatic carboxylic acids is 1. The number of carbonyl (C=O) groups is 2. The summed E-state index contributed by atoms with van der Waals surface area (Å²) in [5.74, 6) is -1.97. The van der Waals surface area contributed by atoms with Gasteiger partial charge in [-0.05, 0) is 37.3 Å². The first kappa shape index (κ1) is 19.8. The molecule has 0 radical (unpaired) electrons. The largest absolute Gasteiger partial charge is 0.478 e. The van der Waals surface area contributed by atoms with Crippen LogP contribution in [0.25, 0.3) is 21.5 Å². The van der Waals surface area contributed by atoms with Crippen LogP contribution in [-0.4, -0.2) is 26.8 Å². The predicted octanol–water partition coefficient (Wildman–Crippen LogP) is 5.48. The number of benzene rings is 2. The number of aryl methyl sites for hydroxylation is 1. The normalized spacial score (nSPS) is 11.7. The number of carbonyl (C=O) groups excluding carboxylic acids is 1. The Hall–Kier alpha value is -3.46. The highest BCUT2D eigenvalue weighted by atomic mass is 32.1. The Morgan fingerprint density at radius 2 is 1.73 bits per heavy atom. The molecule has 0 saturated heterocycles. The molecule has 1 N–H and O–H groups in total. The topological polar surface area (TPSA) is 72.2 Å². The maximum Gasteiger partial charge on any atom is 0.417 e. The third kappa shape index (κ3) is 3.37. The molecule has 152 valence electrons. The van der Waals surface area contributed by atoms with Crippen molar-refractivity contribution >= 4 is 33.4 Å². The number of hydrogen-bond acceptors (Lipinski definition) is 4. The van der Waals surface area contributed by atoms with Crippen LogP contribution in [-0.2, 0) is 6.18 Å². The minimum atomic E-state index is -4.68. The van der Waals surface area contributed by atoms with E-state index in [2.05, 4.69) is 5.10 Å². The van der Waals surface area contributed by atoms with Gasteiger partial charge < -0.3 is 5.11 Å². The van der Waals surface area contributed by atoms with Crippen LogP contribution in [0, 0.1) is 6.92 Å². The van der Waals surface area contributed by atoms with Crippen LogP contribution in [0.15, 0.2) is 54.6 Å². The van der Waals surface area contributed by atoms with Gasteiger partial charge in [-0.1, -0.05) is 24.3 Å². The first-order chi connectivity index (χ1) is 14.2. The summed E-state index contributed by atoms with van der Waals surface area (Å²) in [5.41, 5.74) is -0.0758. The van der Waals surface area contributed by atoms with Gasteiger partial charge in [0.2, 0.25) is 0 Å². The van der Waals surface area contributed by atoms with Gasteiger partial charge in [0.05, 0.1) is 26.9 Å². The zero-order chi connectivity index (χ0) is 21.6. The fourth-order valence-electron chi connectivity index (χ4n) is 3.17. The monoisotopic (exact) mass is 430 g/mol. The van der Waals surface area contributed by atoms with Gasteiger partial charge in [0.25, 0.3) is 5.91 Å². The average Bonchev–Trinajstić information content (AvgIpc) is 3.24. The van der Waals surface area contributed by atoms with Gasteiger partial charge in [-0.2, -0.15) is 23.0 Å². The molecule has 0 saturated carbocycles. The summed E-state index contributed by atoms with van der Waals surface area (Å²) in [6, 6.07) is 12.2. The number of hydrogen-bond donors (Lipinski definition) is 1. The van der Waals surface area contributed by atoms with Gasteiger partial charge in [-0.25, -0.2) is 4.79 Å². The maximum atomic E-state index is 13.4. The summed E-state index contributed by atoms with van der Waals surface area (Å²) in [6.07, 6.45) is -4.68. The fourth-order valence-corrected chi connectivity index (χ4v) is 4.17. The highest BCUT2D eigenvalue weighted by Gasteiger charge is 2.36. The number of alkyl halides is 3. The number of aromatic nitrogens is 2. The van der Waals surface area contributed by atoms with Crippen molar-refractivity contribution in [3.05, 3.63) is 76.2 Å². The molecule has 0 aliphatic carbocycles. The van der Waals surface area contributed by atoms with Gasteiger partial charge in [0.1, 0.15) is 5.69 Å². The van der Waals surface area contributed by atoms with Crippen molar-refractivity contribution in [1.82, 2.24) is 9.78 Å². The summed E-state index contributed by atoms with van der Waals surface area (Å²) >= 11 is 1.35. The highest BCUT2D eigenvalue weighted by Crippen LogP contribution is 2.36. The Morgan fingerprint density at radius 1 is 1.07 bits per heavy atom. The lowest BCUT2D eigenvalue weighted by Crippen LogP contribution is -2.19. The molecule has 9 heteroatoms. The van der Waals surface area contributed by atoms with Crippen LogP contribution in [0.5, 0.6) is 0 Å². The third-order valence-corrected chi connectivity index (χ3v) is 5.59. The second kappa shape index (κ2) is 7.10. The lowest BCUT2D eigenvalue weighted by Gasteiger charge is -2.11. The zero-order valence-corrected chi connectivity index (χ0v) is 16.2. The van der Waals surface area contributed by atoms with Crippen molar-refractivity contribution in [2.45, 2.75) is 13.1 Å². The SMILES string of the molecule is Cc1cc2c(s1)c(-c1ccc(C(=O)O)cc1)nn2C(=O)c1ccccc1C(F)(F)F. The Labute approximate surface area is 172 Å². The first-order valence-corrected chi connectivity index (χ1v) is 9.52. The molecule has 0 atom stereocenters. The van der Waals surface area contributed by atoms with Crippen LogP contribution >= 0.6 is 11.3 Å². The molecule has 4 aromatic rings. The Kier molecular flexibility index (Phi) is 4.70. The second-order valence-electron chi connectivity index (χ2n) is 6.56. The van der Waals surface area contributed by atoms with Crippen LogP contribution < -0.4 is 0 Å². The lowest BCUT2D eigenvalue weighted by molar-refractivity contribution is -0.137. The average molecular weight is 430 g/mol. The Morgan fingerprint density at radius 3 is 2.37 bits per heavy atom. The van der Waals surface area contributed by atoms with Gasteiger partial charge in [-0.15, -0.1) is 11.3 Å². The van der Waals surface area contributed by atoms with Gasteiger partial charge >= 0.3 is 12.1 Å². The molecule has 5 nitrogen and oxygen atoms in total. The lowest BCUT2D eigenvalue weighted by atomic mass is 10.1. The van der Waals surface area contributed by atoms with E-state index < -0.39 is 29.2 Å².